The van der Waals surface area contributed by atoms with Crippen LogP contribution in [0.5, 0.6) is 0 Å². The Kier molecular flexibility index (Phi) is 6.25. The van der Waals surface area contributed by atoms with Gasteiger partial charge in [-0.15, -0.1) is 0 Å². The van der Waals surface area contributed by atoms with Crippen molar-refractivity contribution < 1.29 is 0 Å². The lowest BCUT2D eigenvalue weighted by Crippen LogP contribution is -2.11. The molecule has 0 aliphatic carbocycles. The molecule has 0 saturated carbocycles. The summed E-state index contributed by atoms with van der Waals surface area (Å²) in [5.74, 6) is 0. The SMILES string of the molecule is c1cc(-c2ccc3ccccc3c2)cc(N(c2ccc3c4ccccc4c4ccccc4c3c2)c2cc3ccccc3c3ccccc23)c1. The van der Waals surface area contributed by atoms with Gasteiger partial charge < -0.3 is 4.90 Å². The molecule has 0 aliphatic heterocycles. The fraction of sp³-hybridized carbons (Fsp3) is 0. The van der Waals surface area contributed by atoms with Crippen LogP contribution in [-0.4, -0.2) is 0 Å². The average molecular weight is 622 g/mol. The highest BCUT2D eigenvalue weighted by molar-refractivity contribution is 6.26. The molecule has 10 rings (SSSR count). The summed E-state index contributed by atoms with van der Waals surface area (Å²) in [7, 11) is 0. The Morgan fingerprint density at radius 1 is 0.245 bits per heavy atom. The van der Waals surface area contributed by atoms with E-state index in [0.29, 0.717) is 0 Å². The highest BCUT2D eigenvalue weighted by atomic mass is 15.1. The van der Waals surface area contributed by atoms with Crippen LogP contribution < -0.4 is 4.90 Å². The molecular weight excluding hydrogens is 591 g/mol. The summed E-state index contributed by atoms with van der Waals surface area (Å²) in [5, 5.41) is 15.1. The summed E-state index contributed by atoms with van der Waals surface area (Å²) >= 11 is 0. The van der Waals surface area contributed by atoms with Gasteiger partial charge in [-0.05, 0) is 107 Å². The van der Waals surface area contributed by atoms with Gasteiger partial charge in [0.15, 0.2) is 0 Å². The van der Waals surface area contributed by atoms with E-state index >= 15 is 0 Å². The molecule has 0 radical (unpaired) electrons. The molecule has 0 N–H and O–H groups in total. The van der Waals surface area contributed by atoms with Crippen LogP contribution in [0.3, 0.4) is 0 Å². The van der Waals surface area contributed by atoms with Gasteiger partial charge in [-0.1, -0.05) is 152 Å². The van der Waals surface area contributed by atoms with Crippen LogP contribution in [0.25, 0.3) is 75.8 Å². The molecule has 0 atom stereocenters. The number of rotatable bonds is 4. The number of hydrogen-bond donors (Lipinski definition) is 0. The lowest BCUT2D eigenvalue weighted by Gasteiger charge is -2.28. The largest absolute Gasteiger partial charge is 0.310 e. The van der Waals surface area contributed by atoms with E-state index in [9.17, 15) is 0 Å². The predicted molar refractivity (Wildman–Crippen MR) is 212 cm³/mol. The first-order valence-corrected chi connectivity index (χ1v) is 16.9. The topological polar surface area (TPSA) is 3.24 Å². The molecule has 0 saturated heterocycles. The van der Waals surface area contributed by atoms with Crippen molar-refractivity contribution in [1.82, 2.24) is 0 Å². The average Bonchev–Trinajstić information content (AvgIpc) is 3.18. The molecule has 10 aromatic carbocycles. The maximum atomic E-state index is 2.46. The van der Waals surface area contributed by atoms with E-state index in [2.05, 4.69) is 193 Å². The first-order valence-electron chi connectivity index (χ1n) is 16.9. The molecule has 49 heavy (non-hydrogen) atoms. The summed E-state index contributed by atoms with van der Waals surface area (Å²) < 4.78 is 0. The Labute approximate surface area is 284 Å². The standard InChI is InChI=1S/C48H31N/c1-2-13-33-28-35(25-24-32(33)12-1)34-15-11-16-37(29-34)49(48-30-36-14-3-4-17-39(36)40-18-9-10-23-46(40)48)38-26-27-45-43-21-6-5-19-41(43)42-20-7-8-22-44(42)47(45)31-38/h1-31H. The van der Waals surface area contributed by atoms with E-state index in [1.807, 2.05) is 0 Å². The molecule has 1 heteroatoms. The monoisotopic (exact) mass is 621 g/mol. The number of benzene rings is 10. The molecule has 1 nitrogen and oxygen atoms in total. The van der Waals surface area contributed by atoms with Crippen molar-refractivity contribution in [2.45, 2.75) is 0 Å². The van der Waals surface area contributed by atoms with E-state index in [0.717, 1.165) is 17.1 Å². The summed E-state index contributed by atoms with van der Waals surface area (Å²) in [5.41, 5.74) is 5.81. The molecule has 0 aromatic heterocycles. The zero-order valence-electron chi connectivity index (χ0n) is 26.8. The molecular formula is C48H31N. The lowest BCUT2D eigenvalue weighted by atomic mass is 9.93. The quantitative estimate of drug-likeness (QED) is 0.177. The van der Waals surface area contributed by atoms with Gasteiger partial charge in [0, 0.05) is 16.8 Å². The smallest absolute Gasteiger partial charge is 0.0546 e. The minimum absolute atomic E-state index is 1.12. The third-order valence-corrected chi connectivity index (χ3v) is 10.2. The van der Waals surface area contributed by atoms with Crippen LogP contribution >= 0.6 is 0 Å². The first kappa shape index (κ1) is 27.7. The molecule has 0 amide bonds. The van der Waals surface area contributed by atoms with Gasteiger partial charge in [0.2, 0.25) is 0 Å². The van der Waals surface area contributed by atoms with Crippen LogP contribution in [-0.2, 0) is 0 Å². The summed E-state index contributed by atoms with van der Waals surface area (Å²) in [4.78, 5) is 2.46. The van der Waals surface area contributed by atoms with Crippen molar-refractivity contribution in [1.29, 1.82) is 0 Å². The second-order valence-electron chi connectivity index (χ2n) is 12.9. The summed E-state index contributed by atoms with van der Waals surface area (Å²) in [6.07, 6.45) is 0. The van der Waals surface area contributed by atoms with Gasteiger partial charge in [-0.3, -0.25) is 0 Å². The van der Waals surface area contributed by atoms with Gasteiger partial charge in [0.25, 0.3) is 0 Å². The third-order valence-electron chi connectivity index (χ3n) is 10.2. The zero-order chi connectivity index (χ0) is 32.3. The second kappa shape index (κ2) is 11.1. The van der Waals surface area contributed by atoms with E-state index in [-0.39, 0.29) is 0 Å². The lowest BCUT2D eigenvalue weighted by molar-refractivity contribution is 1.31. The molecule has 0 fully saturated rings. The Morgan fingerprint density at radius 2 is 0.755 bits per heavy atom. The van der Waals surface area contributed by atoms with Crippen molar-refractivity contribution in [3.8, 4) is 11.1 Å². The Morgan fingerprint density at radius 3 is 1.47 bits per heavy atom. The molecule has 0 aliphatic rings. The number of nitrogens with zero attached hydrogens (tertiary/aromatic N) is 1. The van der Waals surface area contributed by atoms with Gasteiger partial charge in [0.05, 0.1) is 5.69 Å². The van der Waals surface area contributed by atoms with Crippen LogP contribution in [0, 0.1) is 0 Å². The van der Waals surface area contributed by atoms with Gasteiger partial charge in [0.1, 0.15) is 0 Å². The van der Waals surface area contributed by atoms with Crippen molar-refractivity contribution in [2.75, 3.05) is 4.90 Å². The molecule has 0 spiro atoms. The van der Waals surface area contributed by atoms with E-state index in [1.165, 1.54) is 75.8 Å². The number of anilines is 3. The van der Waals surface area contributed by atoms with E-state index < -0.39 is 0 Å². The van der Waals surface area contributed by atoms with Crippen molar-refractivity contribution >= 4 is 81.7 Å². The fourth-order valence-corrected chi connectivity index (χ4v) is 7.87. The highest BCUT2D eigenvalue weighted by Gasteiger charge is 2.19. The fourth-order valence-electron chi connectivity index (χ4n) is 7.87. The summed E-state index contributed by atoms with van der Waals surface area (Å²) in [6, 6.07) is 68.9. The van der Waals surface area contributed by atoms with Crippen molar-refractivity contribution in [3.05, 3.63) is 188 Å². The molecule has 0 bridgehead atoms. The maximum absolute atomic E-state index is 2.46. The molecule has 0 unspecified atom stereocenters. The minimum atomic E-state index is 1.12. The number of fused-ring (bicyclic) bond motifs is 10. The maximum Gasteiger partial charge on any atom is 0.0546 e. The number of hydrogen-bond acceptors (Lipinski definition) is 1. The van der Waals surface area contributed by atoms with Crippen molar-refractivity contribution in [2.24, 2.45) is 0 Å². The third kappa shape index (κ3) is 4.47. The minimum Gasteiger partial charge on any atom is -0.310 e. The van der Waals surface area contributed by atoms with Crippen molar-refractivity contribution in [3.63, 3.8) is 0 Å². The van der Waals surface area contributed by atoms with Crippen LogP contribution in [0.15, 0.2) is 188 Å². The Balaban J connectivity index is 1.27. The van der Waals surface area contributed by atoms with Gasteiger partial charge in [-0.25, -0.2) is 0 Å². The van der Waals surface area contributed by atoms with Crippen LogP contribution in [0.1, 0.15) is 0 Å². The summed E-state index contributed by atoms with van der Waals surface area (Å²) in [6.45, 7) is 0. The predicted octanol–water partition coefficient (Wildman–Crippen LogP) is 13.7. The normalized spacial score (nSPS) is 11.7. The Hall–Kier alpha value is -6.44. The molecule has 10 aromatic rings. The Bertz CT molecular complexity index is 2860. The van der Waals surface area contributed by atoms with Gasteiger partial charge in [-0.2, -0.15) is 0 Å². The first-order chi connectivity index (χ1) is 24.3. The second-order valence-corrected chi connectivity index (χ2v) is 12.9. The van der Waals surface area contributed by atoms with E-state index in [4.69, 9.17) is 0 Å². The molecule has 228 valence electrons. The van der Waals surface area contributed by atoms with E-state index in [1.54, 1.807) is 0 Å². The zero-order valence-corrected chi connectivity index (χ0v) is 26.8. The van der Waals surface area contributed by atoms with Gasteiger partial charge >= 0.3 is 0 Å². The highest BCUT2D eigenvalue weighted by Crippen LogP contribution is 2.45. The van der Waals surface area contributed by atoms with Crippen LogP contribution in [0.4, 0.5) is 17.1 Å². The van der Waals surface area contributed by atoms with Crippen LogP contribution in [0.2, 0.25) is 0 Å². The molecule has 0 heterocycles.